The van der Waals surface area contributed by atoms with Crippen molar-refractivity contribution in [2.45, 2.75) is 23.1 Å². The highest BCUT2D eigenvalue weighted by molar-refractivity contribution is 7.99. The smallest absolute Gasteiger partial charge is 0.123 e. The highest BCUT2D eigenvalue weighted by Gasteiger charge is 2.04. The van der Waals surface area contributed by atoms with Gasteiger partial charge in [-0.25, -0.2) is 0 Å². The Balaban J connectivity index is 2.21. The molecule has 2 aromatic rings. The summed E-state index contributed by atoms with van der Waals surface area (Å²) in [6, 6.07) is 14.2. The SMILES string of the molecule is CCc1ccc(Sc2ccc(N)cc2)cc1OC. The molecule has 0 heterocycles. The van der Waals surface area contributed by atoms with Gasteiger partial charge in [-0.05, 0) is 48.4 Å². The van der Waals surface area contributed by atoms with E-state index in [0.29, 0.717) is 0 Å². The minimum absolute atomic E-state index is 0.790. The quantitative estimate of drug-likeness (QED) is 0.843. The largest absolute Gasteiger partial charge is 0.496 e. The van der Waals surface area contributed by atoms with E-state index in [4.69, 9.17) is 10.5 Å². The van der Waals surface area contributed by atoms with Crippen molar-refractivity contribution in [3.05, 3.63) is 48.0 Å². The van der Waals surface area contributed by atoms with Crippen LogP contribution in [0.2, 0.25) is 0 Å². The third-order valence-electron chi connectivity index (χ3n) is 2.76. The first kappa shape index (κ1) is 12.8. The second-order valence-corrected chi connectivity index (χ2v) is 5.15. The fraction of sp³-hybridized carbons (Fsp3) is 0.200. The first-order valence-electron chi connectivity index (χ1n) is 5.93. The van der Waals surface area contributed by atoms with Gasteiger partial charge >= 0.3 is 0 Å². The minimum Gasteiger partial charge on any atom is -0.496 e. The van der Waals surface area contributed by atoms with E-state index in [0.717, 1.165) is 17.9 Å². The number of nitrogens with two attached hydrogens (primary N) is 1. The molecule has 3 heteroatoms. The van der Waals surface area contributed by atoms with Crippen LogP contribution in [0.15, 0.2) is 52.3 Å². The maximum Gasteiger partial charge on any atom is 0.123 e. The van der Waals surface area contributed by atoms with Crippen molar-refractivity contribution in [2.75, 3.05) is 12.8 Å². The zero-order valence-corrected chi connectivity index (χ0v) is 11.5. The lowest BCUT2D eigenvalue weighted by atomic mass is 10.1. The van der Waals surface area contributed by atoms with Crippen LogP contribution in [-0.2, 0) is 6.42 Å². The van der Waals surface area contributed by atoms with Gasteiger partial charge in [0.2, 0.25) is 0 Å². The number of rotatable bonds is 4. The summed E-state index contributed by atoms with van der Waals surface area (Å²) in [7, 11) is 1.71. The summed E-state index contributed by atoms with van der Waals surface area (Å²) in [5.74, 6) is 0.956. The van der Waals surface area contributed by atoms with E-state index in [1.54, 1.807) is 18.9 Å². The van der Waals surface area contributed by atoms with Gasteiger partial charge in [0.25, 0.3) is 0 Å². The van der Waals surface area contributed by atoms with Crippen molar-refractivity contribution in [3.8, 4) is 5.75 Å². The molecule has 2 N–H and O–H groups in total. The van der Waals surface area contributed by atoms with E-state index in [2.05, 4.69) is 25.1 Å². The molecule has 0 aromatic heterocycles. The van der Waals surface area contributed by atoms with Gasteiger partial charge in [0, 0.05) is 15.5 Å². The van der Waals surface area contributed by atoms with Crippen LogP contribution in [0.3, 0.4) is 0 Å². The van der Waals surface area contributed by atoms with Gasteiger partial charge < -0.3 is 10.5 Å². The van der Waals surface area contributed by atoms with E-state index >= 15 is 0 Å². The van der Waals surface area contributed by atoms with Gasteiger partial charge in [0.05, 0.1) is 7.11 Å². The molecule has 0 atom stereocenters. The monoisotopic (exact) mass is 259 g/mol. The van der Waals surface area contributed by atoms with Crippen LogP contribution in [0, 0.1) is 0 Å². The molecule has 0 saturated heterocycles. The van der Waals surface area contributed by atoms with E-state index < -0.39 is 0 Å². The molecule has 0 aliphatic carbocycles. The number of hydrogen-bond acceptors (Lipinski definition) is 3. The summed E-state index contributed by atoms with van der Waals surface area (Å²) >= 11 is 1.71. The molecule has 2 aromatic carbocycles. The van der Waals surface area contributed by atoms with Crippen LogP contribution >= 0.6 is 11.8 Å². The van der Waals surface area contributed by atoms with Crippen molar-refractivity contribution in [1.29, 1.82) is 0 Å². The molecular weight excluding hydrogens is 242 g/mol. The highest BCUT2D eigenvalue weighted by atomic mass is 32.2. The van der Waals surface area contributed by atoms with Crippen LogP contribution in [0.25, 0.3) is 0 Å². The summed E-state index contributed by atoms with van der Waals surface area (Å²) in [5, 5.41) is 0. The molecule has 0 aliphatic rings. The third kappa shape index (κ3) is 2.99. The maximum absolute atomic E-state index is 5.67. The number of anilines is 1. The average Bonchev–Trinajstić information content (AvgIpc) is 2.41. The molecule has 0 fully saturated rings. The Morgan fingerprint density at radius 3 is 2.33 bits per heavy atom. The van der Waals surface area contributed by atoms with Crippen LogP contribution in [0.4, 0.5) is 5.69 Å². The summed E-state index contributed by atoms with van der Waals surface area (Å²) in [4.78, 5) is 2.35. The van der Waals surface area contributed by atoms with Crippen LogP contribution in [0.5, 0.6) is 5.75 Å². The molecule has 2 nitrogen and oxygen atoms in total. The Morgan fingerprint density at radius 2 is 1.72 bits per heavy atom. The summed E-state index contributed by atoms with van der Waals surface area (Å²) in [6.07, 6.45) is 0.982. The Bertz CT molecular complexity index is 523. The lowest BCUT2D eigenvalue weighted by Crippen LogP contribution is -1.90. The normalized spacial score (nSPS) is 10.3. The number of ether oxygens (including phenoxy) is 1. The first-order valence-corrected chi connectivity index (χ1v) is 6.75. The number of hydrogen-bond donors (Lipinski definition) is 1. The molecule has 0 bridgehead atoms. The zero-order chi connectivity index (χ0) is 13.0. The number of aryl methyl sites for hydroxylation is 1. The van der Waals surface area contributed by atoms with E-state index in [-0.39, 0.29) is 0 Å². The molecule has 2 rings (SSSR count). The van der Waals surface area contributed by atoms with Crippen molar-refractivity contribution < 1.29 is 4.74 Å². The van der Waals surface area contributed by atoms with Crippen molar-refractivity contribution in [1.82, 2.24) is 0 Å². The Hall–Kier alpha value is -1.61. The van der Waals surface area contributed by atoms with Crippen molar-refractivity contribution in [2.24, 2.45) is 0 Å². The van der Waals surface area contributed by atoms with Crippen LogP contribution in [-0.4, -0.2) is 7.11 Å². The van der Waals surface area contributed by atoms with Gasteiger partial charge in [0.15, 0.2) is 0 Å². The lowest BCUT2D eigenvalue weighted by molar-refractivity contribution is 0.409. The van der Waals surface area contributed by atoms with E-state index in [1.807, 2.05) is 24.3 Å². The molecular formula is C15H17NOS. The molecule has 0 aliphatic heterocycles. The standard InChI is InChI=1S/C15H17NOS/c1-3-11-4-7-14(10-15(11)17-2)18-13-8-5-12(16)6-9-13/h4-10H,3,16H2,1-2H3. The summed E-state index contributed by atoms with van der Waals surface area (Å²) in [6.45, 7) is 2.13. The minimum atomic E-state index is 0.790. The number of methoxy groups -OCH3 is 1. The van der Waals surface area contributed by atoms with Gasteiger partial charge in [-0.2, -0.15) is 0 Å². The lowest BCUT2D eigenvalue weighted by Gasteiger charge is -2.09. The van der Waals surface area contributed by atoms with Gasteiger partial charge in [0.1, 0.15) is 5.75 Å². The average molecular weight is 259 g/mol. The summed E-state index contributed by atoms with van der Waals surface area (Å²) in [5.41, 5.74) is 7.70. The topological polar surface area (TPSA) is 35.2 Å². The Kier molecular flexibility index (Phi) is 4.15. The molecule has 0 amide bonds. The van der Waals surface area contributed by atoms with Crippen LogP contribution in [0.1, 0.15) is 12.5 Å². The predicted octanol–water partition coefficient (Wildman–Crippen LogP) is 3.99. The van der Waals surface area contributed by atoms with Gasteiger partial charge in [-0.1, -0.05) is 24.8 Å². The van der Waals surface area contributed by atoms with E-state index in [9.17, 15) is 0 Å². The Morgan fingerprint density at radius 1 is 1.06 bits per heavy atom. The van der Waals surface area contributed by atoms with Crippen molar-refractivity contribution in [3.63, 3.8) is 0 Å². The number of nitrogen functional groups attached to an aromatic ring is 1. The molecule has 94 valence electrons. The van der Waals surface area contributed by atoms with Gasteiger partial charge in [-0.3, -0.25) is 0 Å². The fourth-order valence-electron chi connectivity index (χ4n) is 1.75. The summed E-state index contributed by atoms with van der Waals surface area (Å²) < 4.78 is 5.40. The molecule has 0 spiro atoms. The second-order valence-electron chi connectivity index (χ2n) is 4.00. The predicted molar refractivity (Wildman–Crippen MR) is 77.3 cm³/mol. The Labute approximate surface area is 112 Å². The van der Waals surface area contributed by atoms with Crippen molar-refractivity contribution >= 4 is 17.4 Å². The van der Waals surface area contributed by atoms with Gasteiger partial charge in [-0.15, -0.1) is 0 Å². The maximum atomic E-state index is 5.67. The first-order chi connectivity index (χ1) is 8.72. The molecule has 0 radical (unpaired) electrons. The second kappa shape index (κ2) is 5.83. The molecule has 0 unspecified atom stereocenters. The van der Waals surface area contributed by atoms with Crippen LogP contribution < -0.4 is 10.5 Å². The van der Waals surface area contributed by atoms with E-state index in [1.165, 1.54) is 15.4 Å². The third-order valence-corrected chi connectivity index (χ3v) is 3.75. The number of benzene rings is 2. The molecule has 18 heavy (non-hydrogen) atoms. The highest BCUT2D eigenvalue weighted by Crippen LogP contribution is 2.32. The zero-order valence-electron chi connectivity index (χ0n) is 10.6. The molecule has 0 saturated carbocycles. The fourth-order valence-corrected chi connectivity index (χ4v) is 2.60.